The van der Waals surface area contributed by atoms with E-state index in [4.69, 9.17) is 0 Å². The minimum absolute atomic E-state index is 1.38. The first-order valence-electron chi connectivity index (χ1n) is 5.72. The monoisotopic (exact) mass is 222 g/mol. The minimum atomic E-state index is 1.38. The summed E-state index contributed by atoms with van der Waals surface area (Å²) in [4.78, 5) is 0. The van der Waals surface area contributed by atoms with Gasteiger partial charge in [-0.3, -0.25) is 0 Å². The summed E-state index contributed by atoms with van der Waals surface area (Å²) in [6.45, 7) is 12.3. The molecule has 1 aromatic heterocycles. The highest BCUT2D eigenvalue weighted by Crippen LogP contribution is 2.26. The largest absolute Gasteiger partial charge is 0.144 e. The standard InChI is InChI=1S/C10H10S.2C2H6/c1-7-3-4-8(2)10-9(7)5-6-11-10;2*1-2/h3-6H,1-2H3;2*1-2H3. The van der Waals surface area contributed by atoms with Crippen LogP contribution in [0.15, 0.2) is 23.6 Å². The van der Waals surface area contributed by atoms with Crippen LogP contribution in [0.1, 0.15) is 38.8 Å². The van der Waals surface area contributed by atoms with Gasteiger partial charge in [-0.2, -0.15) is 0 Å². The van der Waals surface area contributed by atoms with E-state index in [-0.39, 0.29) is 0 Å². The van der Waals surface area contributed by atoms with Crippen LogP contribution >= 0.6 is 11.3 Å². The highest BCUT2D eigenvalue weighted by atomic mass is 32.1. The molecule has 0 radical (unpaired) electrons. The third kappa shape index (κ3) is 3.35. The van der Waals surface area contributed by atoms with E-state index >= 15 is 0 Å². The number of fused-ring (bicyclic) bond motifs is 1. The van der Waals surface area contributed by atoms with Gasteiger partial charge in [-0.1, -0.05) is 39.8 Å². The molecule has 0 spiro atoms. The van der Waals surface area contributed by atoms with E-state index in [2.05, 4.69) is 37.4 Å². The van der Waals surface area contributed by atoms with Gasteiger partial charge in [0.05, 0.1) is 0 Å². The second kappa shape index (κ2) is 7.47. The Bertz CT molecular complexity index is 349. The van der Waals surface area contributed by atoms with Crippen LogP contribution in [-0.2, 0) is 0 Å². The maximum absolute atomic E-state index is 2.20. The molecule has 15 heavy (non-hydrogen) atoms. The first kappa shape index (κ1) is 14.2. The van der Waals surface area contributed by atoms with Crippen LogP contribution in [0.2, 0.25) is 0 Å². The molecule has 2 rings (SSSR count). The average molecular weight is 222 g/mol. The van der Waals surface area contributed by atoms with Crippen molar-refractivity contribution in [3.8, 4) is 0 Å². The number of hydrogen-bond acceptors (Lipinski definition) is 1. The van der Waals surface area contributed by atoms with Gasteiger partial charge >= 0.3 is 0 Å². The molecule has 1 heterocycles. The third-order valence-electron chi connectivity index (χ3n) is 2.03. The van der Waals surface area contributed by atoms with E-state index in [1.165, 1.54) is 21.2 Å². The van der Waals surface area contributed by atoms with E-state index in [0.717, 1.165) is 0 Å². The summed E-state index contributed by atoms with van der Waals surface area (Å²) in [5.74, 6) is 0. The molecular weight excluding hydrogens is 200 g/mol. The molecule has 0 nitrogen and oxygen atoms in total. The van der Waals surface area contributed by atoms with Crippen LogP contribution in [-0.4, -0.2) is 0 Å². The van der Waals surface area contributed by atoms with Crippen LogP contribution in [0.4, 0.5) is 0 Å². The summed E-state index contributed by atoms with van der Waals surface area (Å²) >= 11 is 1.83. The molecule has 0 bridgehead atoms. The lowest BCUT2D eigenvalue weighted by molar-refractivity contribution is 1.48. The number of thiophene rings is 1. The molecule has 0 N–H and O–H groups in total. The first-order valence-corrected chi connectivity index (χ1v) is 6.60. The van der Waals surface area contributed by atoms with Gasteiger partial charge in [-0.15, -0.1) is 11.3 Å². The lowest BCUT2D eigenvalue weighted by Crippen LogP contribution is -1.75. The molecule has 0 aliphatic carbocycles. The van der Waals surface area contributed by atoms with Gasteiger partial charge in [0.1, 0.15) is 0 Å². The Kier molecular flexibility index (Phi) is 7.06. The Morgan fingerprint density at radius 1 is 0.800 bits per heavy atom. The van der Waals surface area contributed by atoms with Gasteiger partial charge < -0.3 is 0 Å². The van der Waals surface area contributed by atoms with Crippen molar-refractivity contribution in [3.05, 3.63) is 34.7 Å². The van der Waals surface area contributed by atoms with Crippen molar-refractivity contribution in [3.63, 3.8) is 0 Å². The average Bonchev–Trinajstić information content (AvgIpc) is 2.79. The van der Waals surface area contributed by atoms with Crippen molar-refractivity contribution >= 4 is 21.4 Å². The highest BCUT2D eigenvalue weighted by Gasteiger charge is 1.99. The van der Waals surface area contributed by atoms with Gasteiger partial charge in [-0.05, 0) is 41.8 Å². The summed E-state index contributed by atoms with van der Waals surface area (Å²) in [6, 6.07) is 6.57. The van der Waals surface area contributed by atoms with Crippen LogP contribution < -0.4 is 0 Å². The molecule has 0 saturated carbocycles. The molecule has 0 aliphatic rings. The predicted molar refractivity (Wildman–Crippen MR) is 74.0 cm³/mol. The lowest BCUT2D eigenvalue weighted by Gasteiger charge is -1.97. The molecule has 2 aromatic rings. The van der Waals surface area contributed by atoms with Crippen molar-refractivity contribution in [1.29, 1.82) is 0 Å². The number of rotatable bonds is 0. The normalized spacial score (nSPS) is 8.67. The van der Waals surface area contributed by atoms with E-state index in [1.54, 1.807) is 0 Å². The highest BCUT2D eigenvalue weighted by molar-refractivity contribution is 7.17. The Morgan fingerprint density at radius 3 is 1.87 bits per heavy atom. The Balaban J connectivity index is 0.000000442. The Hall–Kier alpha value is -0.820. The van der Waals surface area contributed by atoms with Crippen molar-refractivity contribution < 1.29 is 0 Å². The molecule has 0 fully saturated rings. The predicted octanol–water partition coefficient (Wildman–Crippen LogP) is 5.57. The zero-order chi connectivity index (χ0) is 11.8. The molecule has 0 atom stereocenters. The maximum atomic E-state index is 2.20. The fourth-order valence-corrected chi connectivity index (χ4v) is 2.29. The fraction of sp³-hybridized carbons (Fsp3) is 0.429. The molecule has 84 valence electrons. The maximum Gasteiger partial charge on any atom is 0.0374 e. The summed E-state index contributed by atoms with van der Waals surface area (Å²) < 4.78 is 1.44. The van der Waals surface area contributed by atoms with Crippen LogP contribution in [0.25, 0.3) is 10.1 Å². The summed E-state index contributed by atoms with van der Waals surface area (Å²) in [5, 5.41) is 3.57. The summed E-state index contributed by atoms with van der Waals surface area (Å²) in [6.07, 6.45) is 0. The molecule has 1 heteroatoms. The quantitative estimate of drug-likeness (QED) is 0.546. The first-order chi connectivity index (χ1) is 7.29. The second-order valence-electron chi connectivity index (χ2n) is 2.86. The fourth-order valence-electron chi connectivity index (χ4n) is 1.34. The van der Waals surface area contributed by atoms with Gasteiger partial charge in [0.2, 0.25) is 0 Å². The van der Waals surface area contributed by atoms with Crippen molar-refractivity contribution in [2.75, 3.05) is 0 Å². The van der Waals surface area contributed by atoms with Crippen molar-refractivity contribution in [2.24, 2.45) is 0 Å². The Morgan fingerprint density at radius 2 is 1.33 bits per heavy atom. The molecule has 1 aromatic carbocycles. The van der Waals surface area contributed by atoms with E-state index in [1.807, 2.05) is 39.0 Å². The topological polar surface area (TPSA) is 0 Å². The number of hydrogen-bond donors (Lipinski definition) is 0. The zero-order valence-electron chi connectivity index (χ0n) is 10.7. The number of aryl methyl sites for hydroxylation is 2. The molecule has 0 amide bonds. The van der Waals surface area contributed by atoms with E-state index < -0.39 is 0 Å². The van der Waals surface area contributed by atoms with Gasteiger partial charge in [0.25, 0.3) is 0 Å². The third-order valence-corrected chi connectivity index (χ3v) is 3.08. The number of benzene rings is 1. The van der Waals surface area contributed by atoms with Crippen molar-refractivity contribution in [2.45, 2.75) is 41.5 Å². The Labute approximate surface area is 98.0 Å². The van der Waals surface area contributed by atoms with Gasteiger partial charge in [0, 0.05) is 4.70 Å². The molecule has 0 unspecified atom stereocenters. The summed E-state index contributed by atoms with van der Waals surface area (Å²) in [5.41, 5.74) is 2.77. The van der Waals surface area contributed by atoms with Crippen LogP contribution in [0.3, 0.4) is 0 Å². The summed E-state index contributed by atoms with van der Waals surface area (Å²) in [7, 11) is 0. The van der Waals surface area contributed by atoms with Gasteiger partial charge in [0.15, 0.2) is 0 Å². The SMILES string of the molecule is CC.CC.Cc1ccc(C)c2sccc12. The smallest absolute Gasteiger partial charge is 0.0374 e. The van der Waals surface area contributed by atoms with E-state index in [0.29, 0.717) is 0 Å². The molecular formula is C14H22S. The van der Waals surface area contributed by atoms with E-state index in [9.17, 15) is 0 Å². The lowest BCUT2D eigenvalue weighted by atomic mass is 10.1. The van der Waals surface area contributed by atoms with Crippen molar-refractivity contribution in [1.82, 2.24) is 0 Å². The minimum Gasteiger partial charge on any atom is -0.144 e. The second-order valence-corrected chi connectivity index (χ2v) is 3.78. The van der Waals surface area contributed by atoms with Crippen LogP contribution in [0.5, 0.6) is 0 Å². The van der Waals surface area contributed by atoms with Gasteiger partial charge in [-0.25, -0.2) is 0 Å². The van der Waals surface area contributed by atoms with Crippen LogP contribution in [0, 0.1) is 13.8 Å². The zero-order valence-corrected chi connectivity index (χ0v) is 11.5. The molecule has 0 aliphatic heterocycles. The molecule has 0 saturated heterocycles.